The summed E-state index contributed by atoms with van der Waals surface area (Å²) >= 11 is 0. The first-order valence-corrected chi connectivity index (χ1v) is 6.98. The Morgan fingerprint density at radius 3 is 2.38 bits per heavy atom. The van der Waals surface area contributed by atoms with E-state index in [1.165, 1.54) is 5.56 Å². The predicted molar refractivity (Wildman–Crippen MR) is 80.9 cm³/mol. The minimum absolute atomic E-state index is 0.000305. The molecule has 0 spiro atoms. The predicted octanol–water partition coefficient (Wildman–Crippen LogP) is 2.17. The van der Waals surface area contributed by atoms with Crippen LogP contribution in [0.1, 0.15) is 24.1 Å². The van der Waals surface area contributed by atoms with Gasteiger partial charge in [0.05, 0.1) is 7.11 Å². The maximum absolute atomic E-state index is 12.2. The Balaban J connectivity index is 1.92. The summed E-state index contributed by atoms with van der Waals surface area (Å²) in [6.45, 7) is 4.43. The van der Waals surface area contributed by atoms with Crippen molar-refractivity contribution in [3.05, 3.63) is 59.9 Å². The van der Waals surface area contributed by atoms with E-state index >= 15 is 0 Å². The Morgan fingerprint density at radius 2 is 1.81 bits per heavy atom. The maximum Gasteiger partial charge on any atom is 0.289 e. The molecule has 0 aliphatic carbocycles. The van der Waals surface area contributed by atoms with Crippen LogP contribution in [0.3, 0.4) is 0 Å². The number of pyridine rings is 1. The third kappa shape index (κ3) is 4.05. The number of benzene rings is 1. The molecule has 1 aromatic carbocycles. The molecule has 110 valence electrons. The number of rotatable bonds is 5. The van der Waals surface area contributed by atoms with Crippen molar-refractivity contribution >= 4 is 5.91 Å². The molecule has 0 radical (unpaired) electrons. The van der Waals surface area contributed by atoms with Gasteiger partial charge >= 0.3 is 0 Å². The van der Waals surface area contributed by atoms with E-state index < -0.39 is 0 Å². The third-order valence-electron chi connectivity index (χ3n) is 3.47. The number of nitrogens with zero attached hydrogens (tertiary/aromatic N) is 1. The number of nitrogens with one attached hydrogen (secondary N) is 1. The van der Waals surface area contributed by atoms with E-state index in [2.05, 4.69) is 5.32 Å². The van der Waals surface area contributed by atoms with Gasteiger partial charge in [0.15, 0.2) is 12.4 Å². The van der Waals surface area contributed by atoms with Gasteiger partial charge in [-0.05, 0) is 30.2 Å². The lowest BCUT2D eigenvalue weighted by Gasteiger charge is -2.09. The Bertz CT molecular complexity index is 591. The summed E-state index contributed by atoms with van der Waals surface area (Å²) in [4.78, 5) is 12.2. The van der Waals surface area contributed by atoms with Crippen LogP contribution in [0.5, 0.6) is 5.75 Å². The topological polar surface area (TPSA) is 42.2 Å². The lowest BCUT2D eigenvalue weighted by molar-refractivity contribution is -0.706. The van der Waals surface area contributed by atoms with Gasteiger partial charge < -0.3 is 10.1 Å². The average Bonchev–Trinajstić information content (AvgIpc) is 2.53. The maximum atomic E-state index is 12.2. The van der Waals surface area contributed by atoms with Crippen LogP contribution in [-0.4, -0.2) is 13.0 Å². The lowest BCUT2D eigenvalue weighted by Crippen LogP contribution is -2.46. The SMILES string of the molecule is COc1ccc(CNC(=O)[C@H](C)[n+]2ccc(C)cc2)cc1. The first-order chi connectivity index (χ1) is 10.1. The first kappa shape index (κ1) is 15.0. The number of carbonyl (C=O) groups is 1. The summed E-state index contributed by atoms with van der Waals surface area (Å²) in [5.74, 6) is 0.813. The highest BCUT2D eigenvalue weighted by Crippen LogP contribution is 2.11. The zero-order chi connectivity index (χ0) is 15.2. The van der Waals surface area contributed by atoms with Crippen molar-refractivity contribution < 1.29 is 14.1 Å². The number of amides is 1. The minimum atomic E-state index is -0.233. The number of aryl methyl sites for hydroxylation is 1. The number of carbonyl (C=O) groups excluding carboxylic acids is 1. The van der Waals surface area contributed by atoms with Crippen molar-refractivity contribution in [2.75, 3.05) is 7.11 Å². The molecule has 1 aromatic heterocycles. The lowest BCUT2D eigenvalue weighted by atomic mass is 10.2. The van der Waals surface area contributed by atoms with E-state index in [4.69, 9.17) is 4.74 Å². The summed E-state index contributed by atoms with van der Waals surface area (Å²) < 4.78 is 7.01. The fourth-order valence-corrected chi connectivity index (χ4v) is 1.99. The molecule has 4 nitrogen and oxygen atoms in total. The average molecular weight is 285 g/mol. The van der Waals surface area contributed by atoms with Crippen LogP contribution in [0.15, 0.2) is 48.8 Å². The zero-order valence-electron chi connectivity index (χ0n) is 12.7. The highest BCUT2D eigenvalue weighted by molar-refractivity contribution is 5.78. The van der Waals surface area contributed by atoms with Gasteiger partial charge in [-0.1, -0.05) is 12.1 Å². The summed E-state index contributed by atoms with van der Waals surface area (Å²) in [7, 11) is 1.64. The molecule has 1 amide bonds. The molecule has 1 atom stereocenters. The van der Waals surface area contributed by atoms with Crippen molar-refractivity contribution in [3.8, 4) is 5.75 Å². The number of hydrogen-bond acceptors (Lipinski definition) is 2. The summed E-state index contributed by atoms with van der Waals surface area (Å²) in [5.41, 5.74) is 2.22. The minimum Gasteiger partial charge on any atom is -0.497 e. The molecule has 0 saturated carbocycles. The van der Waals surface area contributed by atoms with Gasteiger partial charge in [-0.15, -0.1) is 0 Å². The molecule has 21 heavy (non-hydrogen) atoms. The molecular formula is C17H21N2O2+. The summed E-state index contributed by atoms with van der Waals surface area (Å²) in [5, 5.41) is 2.95. The molecule has 2 rings (SSSR count). The van der Waals surface area contributed by atoms with E-state index in [0.29, 0.717) is 6.54 Å². The quantitative estimate of drug-likeness (QED) is 0.856. The molecule has 0 unspecified atom stereocenters. The first-order valence-electron chi connectivity index (χ1n) is 6.98. The number of ether oxygens (including phenoxy) is 1. The van der Waals surface area contributed by atoms with Gasteiger partial charge in [-0.25, -0.2) is 0 Å². The number of hydrogen-bond donors (Lipinski definition) is 1. The van der Waals surface area contributed by atoms with Crippen LogP contribution in [0.2, 0.25) is 0 Å². The van der Waals surface area contributed by atoms with Crippen molar-refractivity contribution in [1.82, 2.24) is 5.32 Å². The molecule has 4 heteroatoms. The molecule has 0 aliphatic heterocycles. The van der Waals surface area contributed by atoms with Crippen LogP contribution in [0.4, 0.5) is 0 Å². The molecule has 2 aromatic rings. The van der Waals surface area contributed by atoms with E-state index in [0.717, 1.165) is 11.3 Å². The van der Waals surface area contributed by atoms with Crippen LogP contribution in [0, 0.1) is 6.92 Å². The Hall–Kier alpha value is -2.36. The highest BCUT2D eigenvalue weighted by atomic mass is 16.5. The summed E-state index contributed by atoms with van der Waals surface area (Å²) in [6, 6.07) is 11.4. The highest BCUT2D eigenvalue weighted by Gasteiger charge is 2.20. The molecule has 0 saturated heterocycles. The number of aromatic nitrogens is 1. The molecule has 0 bridgehead atoms. The van der Waals surface area contributed by atoms with Gasteiger partial charge in [0.2, 0.25) is 6.04 Å². The third-order valence-corrected chi connectivity index (χ3v) is 3.47. The van der Waals surface area contributed by atoms with Crippen LogP contribution in [-0.2, 0) is 11.3 Å². The fourth-order valence-electron chi connectivity index (χ4n) is 1.99. The normalized spacial score (nSPS) is 11.8. The van der Waals surface area contributed by atoms with Gasteiger partial charge in [0.1, 0.15) is 5.75 Å². The van der Waals surface area contributed by atoms with Gasteiger partial charge in [-0.3, -0.25) is 4.79 Å². The molecule has 0 fully saturated rings. The largest absolute Gasteiger partial charge is 0.497 e. The van der Waals surface area contributed by atoms with E-state index in [1.807, 2.05) is 67.2 Å². The second kappa shape index (κ2) is 6.88. The Labute approximate surface area is 125 Å². The van der Waals surface area contributed by atoms with E-state index in [1.54, 1.807) is 7.11 Å². The second-order valence-corrected chi connectivity index (χ2v) is 5.06. The number of methoxy groups -OCH3 is 1. The van der Waals surface area contributed by atoms with Crippen molar-refractivity contribution in [2.24, 2.45) is 0 Å². The molecular weight excluding hydrogens is 264 g/mol. The van der Waals surface area contributed by atoms with Gasteiger partial charge in [0, 0.05) is 25.6 Å². The molecule has 1 N–H and O–H groups in total. The van der Waals surface area contributed by atoms with Crippen molar-refractivity contribution in [2.45, 2.75) is 26.4 Å². The smallest absolute Gasteiger partial charge is 0.289 e. The Kier molecular flexibility index (Phi) is 4.93. The molecule has 1 heterocycles. The fraction of sp³-hybridized carbons (Fsp3) is 0.294. The zero-order valence-corrected chi connectivity index (χ0v) is 12.7. The standard InChI is InChI=1S/C17H20N2O2/c1-13-8-10-19(11-9-13)14(2)17(20)18-12-15-4-6-16(21-3)7-5-15/h4-11,14H,12H2,1-3H3/p+1/t14-/m0/s1. The second-order valence-electron chi connectivity index (χ2n) is 5.06. The van der Waals surface area contributed by atoms with Crippen LogP contribution < -0.4 is 14.6 Å². The Morgan fingerprint density at radius 1 is 1.19 bits per heavy atom. The van der Waals surface area contributed by atoms with Crippen molar-refractivity contribution in [1.29, 1.82) is 0 Å². The van der Waals surface area contributed by atoms with E-state index in [9.17, 15) is 4.79 Å². The van der Waals surface area contributed by atoms with Crippen LogP contribution in [0.25, 0.3) is 0 Å². The summed E-state index contributed by atoms with van der Waals surface area (Å²) in [6.07, 6.45) is 3.85. The molecule has 0 aliphatic rings. The van der Waals surface area contributed by atoms with Crippen molar-refractivity contribution in [3.63, 3.8) is 0 Å². The van der Waals surface area contributed by atoms with Crippen LogP contribution >= 0.6 is 0 Å². The van der Waals surface area contributed by atoms with E-state index in [-0.39, 0.29) is 11.9 Å². The van der Waals surface area contributed by atoms with Gasteiger partial charge in [0.25, 0.3) is 5.91 Å². The monoisotopic (exact) mass is 285 g/mol. The van der Waals surface area contributed by atoms with Gasteiger partial charge in [-0.2, -0.15) is 4.57 Å².